The van der Waals surface area contributed by atoms with Crippen molar-refractivity contribution >= 4 is 52.0 Å². The lowest BCUT2D eigenvalue weighted by Gasteiger charge is -2.37. The number of hydrogen-bond acceptors (Lipinski definition) is 10. The minimum absolute atomic E-state index is 0.0319. The highest BCUT2D eigenvalue weighted by Crippen LogP contribution is 2.48. The molecule has 1 aliphatic rings. The van der Waals surface area contributed by atoms with Crippen LogP contribution in [-0.2, 0) is 14.3 Å². The summed E-state index contributed by atoms with van der Waals surface area (Å²) in [4.78, 5) is 37.0. The van der Waals surface area contributed by atoms with Crippen LogP contribution in [0.5, 0.6) is 0 Å². The number of nitrogens with two attached hydrogens (primary N) is 1. The second kappa shape index (κ2) is 7.65. The minimum atomic E-state index is -2.60. The average molecular weight is 442 g/mol. The van der Waals surface area contributed by atoms with E-state index in [2.05, 4.69) is 21.5 Å². The number of nitrogen functional groups attached to an aromatic ring is 1. The Kier molecular flexibility index (Phi) is 5.71. The van der Waals surface area contributed by atoms with E-state index in [1.807, 2.05) is 0 Å². The number of ether oxygens (including phenoxy) is 1. The first-order valence-corrected chi connectivity index (χ1v) is 10.1. The molecular formula is C17H20ClN5O5S. The van der Waals surface area contributed by atoms with E-state index in [1.165, 1.54) is 22.7 Å². The van der Waals surface area contributed by atoms with Gasteiger partial charge >= 0.3 is 0 Å². The summed E-state index contributed by atoms with van der Waals surface area (Å²) in [5, 5.41) is 22.6. The summed E-state index contributed by atoms with van der Waals surface area (Å²) in [7, 11) is 0. The number of anilines is 1. The lowest BCUT2D eigenvalue weighted by Crippen LogP contribution is -2.66. The summed E-state index contributed by atoms with van der Waals surface area (Å²) in [6.45, 7) is 5.77. The number of aliphatic hydroxyl groups is 2. The molecule has 2 aromatic rings. The third-order valence-electron chi connectivity index (χ3n) is 4.92. The highest BCUT2D eigenvalue weighted by atomic mass is 35.5. The largest absolute Gasteiger partial charge is 0.376 e. The number of carbonyl (C=O) groups is 2. The van der Waals surface area contributed by atoms with Gasteiger partial charge in [0.2, 0.25) is 11.5 Å². The van der Waals surface area contributed by atoms with Gasteiger partial charge in [-0.25, -0.2) is 4.98 Å². The molecule has 1 fully saturated rings. The molecule has 0 unspecified atom stereocenters. The van der Waals surface area contributed by atoms with Gasteiger partial charge in [0, 0.05) is 11.5 Å². The first-order valence-electron chi connectivity index (χ1n) is 8.55. The molecule has 2 aromatic heterocycles. The fourth-order valence-corrected chi connectivity index (χ4v) is 4.53. The number of Topliss-reactive ketones (excluding diaryl/α,β-unsaturated/α-hetero) is 2. The molecule has 3 heterocycles. The number of thioether (sulfide) groups is 1. The fourth-order valence-electron chi connectivity index (χ4n) is 3.48. The predicted octanol–water partition coefficient (Wildman–Crippen LogP) is 0.519. The van der Waals surface area contributed by atoms with Crippen molar-refractivity contribution in [3.8, 4) is 0 Å². The molecule has 4 atom stereocenters. The lowest BCUT2D eigenvalue weighted by atomic mass is 9.75. The first-order chi connectivity index (χ1) is 13.6. The normalized spacial score (nSPS) is 29.3. The number of ketones is 2. The molecule has 0 saturated carbocycles. The summed E-state index contributed by atoms with van der Waals surface area (Å²) in [6.07, 6.45) is 0.185. The van der Waals surface area contributed by atoms with Gasteiger partial charge in [-0.15, -0.1) is 6.58 Å². The number of aromatic nitrogens is 4. The Balaban J connectivity index is 2.19. The average Bonchev–Trinajstić information content (AvgIpc) is 3.15. The molecule has 29 heavy (non-hydrogen) atoms. The minimum Gasteiger partial charge on any atom is -0.376 e. The van der Waals surface area contributed by atoms with Crippen molar-refractivity contribution < 1.29 is 24.5 Å². The zero-order chi connectivity index (χ0) is 21.6. The summed E-state index contributed by atoms with van der Waals surface area (Å²) >= 11 is 7.36. The van der Waals surface area contributed by atoms with Gasteiger partial charge < -0.3 is 20.7 Å². The molecule has 1 saturated heterocycles. The quantitative estimate of drug-likeness (QED) is 0.314. The highest BCUT2D eigenvalue weighted by Gasteiger charge is 2.71. The van der Waals surface area contributed by atoms with Crippen LogP contribution in [0.4, 0.5) is 5.95 Å². The van der Waals surface area contributed by atoms with Crippen molar-refractivity contribution in [2.45, 2.75) is 37.4 Å². The second-order valence-electron chi connectivity index (χ2n) is 6.65. The Morgan fingerprint density at radius 3 is 2.62 bits per heavy atom. The number of rotatable bonds is 7. The van der Waals surface area contributed by atoms with Crippen LogP contribution < -0.4 is 5.73 Å². The van der Waals surface area contributed by atoms with Crippen LogP contribution >= 0.6 is 23.4 Å². The van der Waals surface area contributed by atoms with E-state index in [0.29, 0.717) is 5.75 Å². The summed E-state index contributed by atoms with van der Waals surface area (Å²) in [6, 6.07) is 0. The molecule has 12 heteroatoms. The maximum atomic E-state index is 12.6. The fraction of sp³-hybridized carbons (Fsp3) is 0.471. The van der Waals surface area contributed by atoms with Crippen LogP contribution in [0.2, 0.25) is 5.15 Å². The summed E-state index contributed by atoms with van der Waals surface area (Å²) < 4.78 is 7.09. The van der Waals surface area contributed by atoms with Gasteiger partial charge in [0.15, 0.2) is 34.2 Å². The Bertz CT molecular complexity index is 1000. The zero-order valence-electron chi connectivity index (χ0n) is 15.7. The number of imidazole rings is 1. The van der Waals surface area contributed by atoms with Crippen molar-refractivity contribution in [3.05, 3.63) is 24.1 Å². The predicted molar refractivity (Wildman–Crippen MR) is 107 cm³/mol. The molecule has 1 aliphatic heterocycles. The molecule has 0 bridgehead atoms. The molecule has 0 amide bonds. The van der Waals surface area contributed by atoms with Crippen molar-refractivity contribution in [2.24, 2.45) is 0 Å². The van der Waals surface area contributed by atoms with Gasteiger partial charge in [-0.2, -0.15) is 21.7 Å². The third-order valence-corrected chi connectivity index (χ3v) is 6.20. The van der Waals surface area contributed by atoms with E-state index in [0.717, 1.165) is 13.8 Å². The van der Waals surface area contributed by atoms with Gasteiger partial charge in [-0.05, 0) is 13.8 Å². The van der Waals surface area contributed by atoms with Crippen LogP contribution in [0.3, 0.4) is 0 Å². The van der Waals surface area contributed by atoms with Gasteiger partial charge in [0.05, 0.1) is 6.33 Å². The van der Waals surface area contributed by atoms with E-state index in [4.69, 9.17) is 22.1 Å². The second-order valence-corrected chi connectivity index (χ2v) is 8.08. The maximum Gasteiger partial charge on any atom is 0.223 e. The van der Waals surface area contributed by atoms with E-state index < -0.39 is 35.1 Å². The number of hydrogen-bond donors (Lipinski definition) is 3. The number of carbonyl (C=O) groups excluding carboxylic acids is 2. The van der Waals surface area contributed by atoms with E-state index >= 15 is 0 Å². The van der Waals surface area contributed by atoms with Crippen LogP contribution in [0.25, 0.3) is 11.2 Å². The Labute approximate surface area is 175 Å². The molecule has 0 radical (unpaired) electrons. The summed E-state index contributed by atoms with van der Waals surface area (Å²) in [5.74, 6) is -1.18. The van der Waals surface area contributed by atoms with Gasteiger partial charge in [-0.1, -0.05) is 17.7 Å². The summed E-state index contributed by atoms with van der Waals surface area (Å²) in [5.41, 5.74) is 0.805. The molecular weight excluding hydrogens is 422 g/mol. The Morgan fingerprint density at radius 2 is 2.03 bits per heavy atom. The van der Waals surface area contributed by atoms with Gasteiger partial charge in [0.25, 0.3) is 0 Å². The van der Waals surface area contributed by atoms with Gasteiger partial charge in [0.1, 0.15) is 11.6 Å². The number of nitrogens with zero attached hydrogens (tertiary/aromatic N) is 4. The Morgan fingerprint density at radius 1 is 1.38 bits per heavy atom. The van der Waals surface area contributed by atoms with Gasteiger partial charge in [-0.3, -0.25) is 14.2 Å². The van der Waals surface area contributed by atoms with Crippen LogP contribution in [0.1, 0.15) is 20.1 Å². The standard InChI is InChI=1S/C17H20ClN5O5S/c1-4-5-29-6-10-16(26,8(2)24)17(27,9(3)25)14(28-10)23-7-20-11-12(18)21-15(19)22-13(11)23/h4,7,10,14,26-27H,1,5-6H2,2-3H3,(H2,19,21,22)/t10-,14-,16-,17+/m1/s1. The SMILES string of the molecule is C=CCSC[C@H]1O[C@@H](n2cnc3c(Cl)nc(N)nc32)[C@@](O)(C(C)=O)[C@@]1(O)C(C)=O. The molecule has 3 rings (SSSR count). The smallest absolute Gasteiger partial charge is 0.223 e. The van der Waals surface area contributed by atoms with Crippen molar-refractivity contribution in [1.82, 2.24) is 19.5 Å². The first kappa shape index (κ1) is 21.7. The molecule has 0 spiro atoms. The van der Waals surface area contributed by atoms with Crippen molar-refractivity contribution in [1.29, 1.82) is 0 Å². The molecule has 0 aliphatic carbocycles. The molecule has 4 N–H and O–H groups in total. The van der Waals surface area contributed by atoms with E-state index in [1.54, 1.807) is 6.08 Å². The topological polar surface area (TPSA) is 153 Å². The maximum absolute atomic E-state index is 12.6. The van der Waals surface area contributed by atoms with Crippen LogP contribution in [0.15, 0.2) is 19.0 Å². The lowest BCUT2D eigenvalue weighted by molar-refractivity contribution is -0.180. The van der Waals surface area contributed by atoms with Crippen molar-refractivity contribution in [2.75, 3.05) is 17.2 Å². The monoisotopic (exact) mass is 441 g/mol. The number of halogens is 1. The van der Waals surface area contributed by atoms with Crippen LogP contribution in [-0.4, -0.2) is 70.1 Å². The third kappa shape index (κ3) is 3.13. The van der Waals surface area contributed by atoms with Crippen molar-refractivity contribution in [3.63, 3.8) is 0 Å². The van der Waals surface area contributed by atoms with E-state index in [9.17, 15) is 19.8 Å². The van der Waals surface area contributed by atoms with Crippen LogP contribution in [0, 0.1) is 0 Å². The molecule has 156 valence electrons. The Hall–Kier alpha value is -2.05. The zero-order valence-corrected chi connectivity index (χ0v) is 17.3. The molecule has 0 aromatic carbocycles. The molecule has 10 nitrogen and oxygen atoms in total. The highest BCUT2D eigenvalue weighted by molar-refractivity contribution is 7.99. The number of fused-ring (bicyclic) bond motifs is 1. The van der Waals surface area contributed by atoms with E-state index in [-0.39, 0.29) is 28.0 Å².